The Kier molecular flexibility index (Phi) is 10.1. The van der Waals surface area contributed by atoms with Crippen molar-refractivity contribution < 1.29 is 19.1 Å². The van der Waals surface area contributed by atoms with Gasteiger partial charge in [0.1, 0.15) is 0 Å². The summed E-state index contributed by atoms with van der Waals surface area (Å²) < 4.78 is 6.93. The Hall–Kier alpha value is -5.28. The Morgan fingerprint density at radius 1 is 0.938 bits per heavy atom. The zero-order valence-corrected chi connectivity index (χ0v) is 28.2. The van der Waals surface area contributed by atoms with Crippen molar-refractivity contribution in [2.24, 2.45) is 7.05 Å². The lowest BCUT2D eigenvalue weighted by Gasteiger charge is -2.27. The molecule has 0 bridgehead atoms. The molecule has 9 heteroatoms. The average molecular weight is 647 g/mol. The Balaban J connectivity index is 1.43. The summed E-state index contributed by atoms with van der Waals surface area (Å²) in [4.78, 5) is 53.9. The fourth-order valence-electron chi connectivity index (χ4n) is 5.79. The van der Waals surface area contributed by atoms with Crippen molar-refractivity contribution in [3.8, 4) is 11.1 Å². The van der Waals surface area contributed by atoms with Crippen molar-refractivity contribution in [3.05, 3.63) is 129 Å². The van der Waals surface area contributed by atoms with E-state index in [4.69, 9.17) is 4.74 Å². The number of hydrogen-bond acceptors (Lipinski definition) is 5. The number of pyridine rings is 1. The van der Waals surface area contributed by atoms with Crippen LogP contribution >= 0.6 is 0 Å². The van der Waals surface area contributed by atoms with Crippen LogP contribution in [0.5, 0.6) is 0 Å². The van der Waals surface area contributed by atoms with Crippen molar-refractivity contribution in [1.29, 1.82) is 0 Å². The summed E-state index contributed by atoms with van der Waals surface area (Å²) in [5.41, 5.74) is 6.77. The minimum absolute atomic E-state index is 0.0101. The largest absolute Gasteiger partial charge is 0.378 e. The van der Waals surface area contributed by atoms with Crippen LogP contribution in [0, 0.1) is 6.92 Å². The molecule has 3 amide bonds. The topological polar surface area (TPSA) is 110 Å². The van der Waals surface area contributed by atoms with Gasteiger partial charge in [-0.2, -0.15) is 0 Å². The van der Waals surface area contributed by atoms with E-state index < -0.39 is 5.91 Å². The van der Waals surface area contributed by atoms with Gasteiger partial charge in [0.25, 0.3) is 17.4 Å². The van der Waals surface area contributed by atoms with Gasteiger partial charge in [0.2, 0.25) is 5.91 Å². The second-order valence-corrected chi connectivity index (χ2v) is 13.1. The Labute approximate surface area is 281 Å². The smallest absolute Gasteiger partial charge is 0.256 e. The normalized spacial score (nSPS) is 13.1. The summed E-state index contributed by atoms with van der Waals surface area (Å²) in [5.74, 6) is -0.844. The monoisotopic (exact) mass is 646 g/mol. The molecule has 1 aromatic heterocycles. The number of aryl methyl sites for hydroxylation is 1. The number of benzene rings is 3. The van der Waals surface area contributed by atoms with Crippen LogP contribution in [0.4, 0.5) is 11.4 Å². The van der Waals surface area contributed by atoms with E-state index in [1.165, 1.54) is 0 Å². The van der Waals surface area contributed by atoms with Crippen molar-refractivity contribution >= 4 is 29.1 Å². The van der Waals surface area contributed by atoms with Gasteiger partial charge in [0.15, 0.2) is 0 Å². The standard InChI is InChI=1S/C39H42N4O5/c1-7-35(44)40-34-22-26(11-16-32(34)38(47)43-17-19-48-20-18-43)21-28-23-29(24-42(6)37(28)46)31-9-8-10-33(25(31)2)41-36(45)27-12-14-30(15-13-27)39(3,4)5/h7-16,22-24H,1,17-21H2,2-6H3,(H,40,44)(H,41,45). The van der Waals surface area contributed by atoms with Gasteiger partial charge in [-0.15, -0.1) is 0 Å². The number of anilines is 2. The first-order valence-electron chi connectivity index (χ1n) is 16.0. The molecule has 48 heavy (non-hydrogen) atoms. The number of morpholine rings is 1. The Morgan fingerprint density at radius 3 is 2.31 bits per heavy atom. The molecule has 3 aromatic carbocycles. The molecular formula is C39H42N4O5. The molecule has 248 valence electrons. The third-order valence-corrected chi connectivity index (χ3v) is 8.61. The zero-order chi connectivity index (χ0) is 34.6. The highest BCUT2D eigenvalue weighted by Gasteiger charge is 2.23. The molecule has 0 radical (unpaired) electrons. The molecule has 0 aliphatic carbocycles. The van der Waals surface area contributed by atoms with Crippen molar-refractivity contribution in [2.45, 2.75) is 39.5 Å². The Bertz CT molecular complexity index is 1930. The maximum absolute atomic E-state index is 13.3. The number of carbonyl (C=O) groups excluding carboxylic acids is 3. The van der Waals surface area contributed by atoms with E-state index >= 15 is 0 Å². The molecule has 1 aliphatic heterocycles. The van der Waals surface area contributed by atoms with Crippen LogP contribution in [-0.2, 0) is 28.4 Å². The first-order chi connectivity index (χ1) is 22.8. The number of nitrogens with one attached hydrogen (secondary N) is 2. The van der Waals surface area contributed by atoms with Gasteiger partial charge in [0.05, 0.1) is 24.5 Å². The summed E-state index contributed by atoms with van der Waals surface area (Å²) in [7, 11) is 1.71. The minimum atomic E-state index is -0.439. The molecule has 0 unspecified atom stereocenters. The van der Waals surface area contributed by atoms with Crippen LogP contribution in [0.15, 0.2) is 90.4 Å². The highest BCUT2D eigenvalue weighted by Crippen LogP contribution is 2.30. The molecule has 9 nitrogen and oxygen atoms in total. The second kappa shape index (κ2) is 14.2. The first kappa shape index (κ1) is 34.1. The summed E-state index contributed by atoms with van der Waals surface area (Å²) in [6.45, 7) is 13.7. The van der Waals surface area contributed by atoms with E-state index in [9.17, 15) is 19.2 Å². The van der Waals surface area contributed by atoms with Gasteiger partial charge in [-0.1, -0.05) is 57.7 Å². The van der Waals surface area contributed by atoms with Crippen LogP contribution in [-0.4, -0.2) is 53.5 Å². The quantitative estimate of drug-likeness (QED) is 0.225. The summed E-state index contributed by atoms with van der Waals surface area (Å²) in [6.07, 6.45) is 3.20. The van der Waals surface area contributed by atoms with Crippen molar-refractivity contribution in [1.82, 2.24) is 9.47 Å². The number of nitrogens with zero attached hydrogens (tertiary/aromatic N) is 2. The number of hydrogen-bond donors (Lipinski definition) is 2. The molecule has 0 atom stereocenters. The summed E-state index contributed by atoms with van der Waals surface area (Å²) >= 11 is 0. The van der Waals surface area contributed by atoms with Gasteiger partial charge in [0, 0.05) is 49.6 Å². The number of rotatable bonds is 8. The number of ether oxygens (including phenoxy) is 1. The maximum Gasteiger partial charge on any atom is 0.256 e. The van der Waals surface area contributed by atoms with E-state index in [1.807, 2.05) is 55.5 Å². The first-order valence-corrected chi connectivity index (χ1v) is 16.0. The molecule has 4 aromatic rings. The number of amides is 3. The molecule has 0 spiro atoms. The molecule has 1 saturated heterocycles. The van der Waals surface area contributed by atoms with E-state index in [-0.39, 0.29) is 29.2 Å². The number of carbonyl (C=O) groups is 3. The van der Waals surface area contributed by atoms with Crippen molar-refractivity contribution in [3.63, 3.8) is 0 Å². The molecule has 2 N–H and O–H groups in total. The van der Waals surface area contributed by atoms with Gasteiger partial charge in [-0.3, -0.25) is 19.2 Å². The number of aromatic nitrogens is 1. The van der Waals surface area contributed by atoms with Crippen LogP contribution < -0.4 is 16.2 Å². The predicted octanol–water partition coefficient (Wildman–Crippen LogP) is 6.10. The minimum Gasteiger partial charge on any atom is -0.378 e. The van der Waals surface area contributed by atoms with Crippen LogP contribution in [0.1, 0.15) is 63.7 Å². The third-order valence-electron chi connectivity index (χ3n) is 8.61. The lowest BCUT2D eigenvalue weighted by molar-refractivity contribution is -0.111. The van der Waals surface area contributed by atoms with Crippen LogP contribution in [0.2, 0.25) is 0 Å². The predicted molar refractivity (Wildman–Crippen MR) is 190 cm³/mol. The fraction of sp³-hybridized carbons (Fsp3) is 0.282. The van der Waals surface area contributed by atoms with Gasteiger partial charge < -0.3 is 24.8 Å². The lowest BCUT2D eigenvalue weighted by atomic mass is 9.86. The molecule has 0 saturated carbocycles. The highest BCUT2D eigenvalue weighted by molar-refractivity contribution is 6.07. The van der Waals surface area contributed by atoms with E-state index in [0.29, 0.717) is 54.4 Å². The van der Waals surface area contributed by atoms with Gasteiger partial charge >= 0.3 is 0 Å². The van der Waals surface area contributed by atoms with E-state index in [1.54, 1.807) is 40.9 Å². The molecule has 1 aliphatic rings. The lowest BCUT2D eigenvalue weighted by Crippen LogP contribution is -2.41. The average Bonchev–Trinajstić information content (AvgIpc) is 3.07. The molecule has 1 fully saturated rings. The van der Waals surface area contributed by atoms with E-state index in [2.05, 4.69) is 38.0 Å². The zero-order valence-electron chi connectivity index (χ0n) is 28.2. The van der Waals surface area contributed by atoms with Crippen LogP contribution in [0.25, 0.3) is 11.1 Å². The van der Waals surface area contributed by atoms with Gasteiger partial charge in [-0.05, 0) is 82.6 Å². The van der Waals surface area contributed by atoms with Crippen molar-refractivity contribution in [2.75, 3.05) is 36.9 Å². The summed E-state index contributed by atoms with van der Waals surface area (Å²) in [5, 5.41) is 5.82. The molecule has 5 rings (SSSR count). The Morgan fingerprint density at radius 2 is 1.65 bits per heavy atom. The van der Waals surface area contributed by atoms with Crippen LogP contribution in [0.3, 0.4) is 0 Å². The summed E-state index contributed by atoms with van der Waals surface area (Å²) in [6, 6.07) is 20.4. The fourth-order valence-corrected chi connectivity index (χ4v) is 5.79. The molecular weight excluding hydrogens is 604 g/mol. The highest BCUT2D eigenvalue weighted by atomic mass is 16.5. The van der Waals surface area contributed by atoms with E-state index in [0.717, 1.165) is 33.9 Å². The SMILES string of the molecule is C=CC(=O)Nc1cc(Cc2cc(-c3cccc(NC(=O)c4ccc(C(C)(C)C)cc4)c3C)cn(C)c2=O)ccc1C(=O)N1CCOCC1. The molecule has 2 heterocycles. The second-order valence-electron chi connectivity index (χ2n) is 13.1. The third kappa shape index (κ3) is 7.64. The maximum atomic E-state index is 13.3. The van der Waals surface area contributed by atoms with Gasteiger partial charge in [-0.25, -0.2) is 0 Å².